The zero-order chi connectivity index (χ0) is 17.9. The minimum absolute atomic E-state index is 0.0818. The molecule has 0 saturated carbocycles. The van der Waals surface area contributed by atoms with Gasteiger partial charge in [-0.25, -0.2) is 0 Å². The summed E-state index contributed by atoms with van der Waals surface area (Å²) in [6, 6.07) is 1.60. The van der Waals surface area contributed by atoms with Gasteiger partial charge in [0.05, 0.1) is 28.5 Å². The maximum atomic E-state index is 12.7. The summed E-state index contributed by atoms with van der Waals surface area (Å²) in [5, 5.41) is 27.3. The Labute approximate surface area is 165 Å². The summed E-state index contributed by atoms with van der Waals surface area (Å²) in [5.41, 5.74) is 2.36. The average Bonchev–Trinajstić information content (AvgIpc) is 2.93. The van der Waals surface area contributed by atoms with Gasteiger partial charge < -0.3 is 25.7 Å². The first kappa shape index (κ1) is 17.1. The van der Waals surface area contributed by atoms with Crippen LogP contribution in [0.4, 0.5) is 5.00 Å². The maximum absolute atomic E-state index is 12.7. The van der Waals surface area contributed by atoms with E-state index in [1.807, 2.05) is 0 Å². The van der Waals surface area contributed by atoms with Gasteiger partial charge in [-0.15, -0.1) is 11.3 Å². The normalized spacial score (nSPS) is 22.0. The number of hydrogen-bond acceptors (Lipinski definition) is 5. The highest BCUT2D eigenvalue weighted by molar-refractivity contribution is 9.11. The second-order valence-corrected chi connectivity index (χ2v) is 9.10. The van der Waals surface area contributed by atoms with Gasteiger partial charge in [0.2, 0.25) is 0 Å². The van der Waals surface area contributed by atoms with Crippen molar-refractivity contribution in [3.05, 3.63) is 36.6 Å². The molecule has 6 nitrogen and oxygen atoms in total. The standard InChI is InChI=1S/C16H15Br2N3O3S/c1-21-3-2-6-9(5-21)25-16-10(6)15(24)19-14(20-16)7-4-8(17)13(23)11(18)12(7)22/h4,14,20,22-23H,2-3,5H2,1H3,(H,19,24)/p+1/t14-/m0/s1. The van der Waals surface area contributed by atoms with Crippen molar-refractivity contribution in [3.8, 4) is 11.5 Å². The highest BCUT2D eigenvalue weighted by Gasteiger charge is 2.35. The fourth-order valence-corrected chi connectivity index (χ4v) is 5.87. The van der Waals surface area contributed by atoms with Crippen LogP contribution in [0.5, 0.6) is 11.5 Å². The molecule has 0 radical (unpaired) electrons. The zero-order valence-corrected chi connectivity index (χ0v) is 17.2. The van der Waals surface area contributed by atoms with Crippen LogP contribution in [0.25, 0.3) is 0 Å². The molecule has 1 unspecified atom stereocenters. The molecule has 2 aliphatic rings. The molecular formula is C16H16Br2N3O3S+. The van der Waals surface area contributed by atoms with Gasteiger partial charge in [-0.2, -0.15) is 0 Å². The van der Waals surface area contributed by atoms with E-state index >= 15 is 0 Å². The number of phenolic OH excluding ortho intramolecular Hbond substituents is 2. The van der Waals surface area contributed by atoms with Gasteiger partial charge in [-0.3, -0.25) is 4.79 Å². The number of nitrogens with one attached hydrogen (secondary N) is 3. The van der Waals surface area contributed by atoms with Crippen LogP contribution in [-0.2, 0) is 13.0 Å². The van der Waals surface area contributed by atoms with E-state index in [1.165, 1.54) is 9.78 Å². The van der Waals surface area contributed by atoms with E-state index in [0.29, 0.717) is 10.0 Å². The van der Waals surface area contributed by atoms with Crippen LogP contribution in [0.15, 0.2) is 15.0 Å². The molecule has 4 rings (SSSR count). The lowest BCUT2D eigenvalue weighted by molar-refractivity contribution is -0.895. The Morgan fingerprint density at radius 1 is 1.28 bits per heavy atom. The molecular weight excluding hydrogens is 474 g/mol. The summed E-state index contributed by atoms with van der Waals surface area (Å²) in [6.45, 7) is 1.94. The van der Waals surface area contributed by atoms with Crippen LogP contribution < -0.4 is 15.5 Å². The van der Waals surface area contributed by atoms with E-state index in [9.17, 15) is 15.0 Å². The van der Waals surface area contributed by atoms with Crippen molar-refractivity contribution in [2.75, 3.05) is 18.9 Å². The Balaban J connectivity index is 1.75. The molecule has 0 aliphatic carbocycles. The predicted octanol–water partition coefficient (Wildman–Crippen LogP) is 2.11. The Morgan fingerprint density at radius 2 is 2.04 bits per heavy atom. The smallest absolute Gasteiger partial charge is 0.256 e. The Kier molecular flexibility index (Phi) is 4.22. The molecule has 1 amide bonds. The molecule has 0 spiro atoms. The van der Waals surface area contributed by atoms with Crippen molar-refractivity contribution in [2.45, 2.75) is 19.1 Å². The van der Waals surface area contributed by atoms with Crippen molar-refractivity contribution < 1.29 is 19.9 Å². The Bertz CT molecular complexity index is 899. The summed E-state index contributed by atoms with van der Waals surface area (Å²) in [4.78, 5) is 15.4. The molecule has 9 heteroatoms. The molecule has 3 heterocycles. The van der Waals surface area contributed by atoms with Crippen molar-refractivity contribution in [3.63, 3.8) is 0 Å². The molecule has 0 saturated heterocycles. The molecule has 1 aromatic heterocycles. The van der Waals surface area contributed by atoms with Crippen molar-refractivity contribution in [1.82, 2.24) is 5.32 Å². The first-order valence-corrected chi connectivity index (χ1v) is 10.2. The van der Waals surface area contributed by atoms with E-state index in [2.05, 4.69) is 49.5 Å². The van der Waals surface area contributed by atoms with E-state index in [-0.39, 0.29) is 21.9 Å². The summed E-state index contributed by atoms with van der Waals surface area (Å²) in [6.07, 6.45) is 0.326. The summed E-state index contributed by atoms with van der Waals surface area (Å²) < 4.78 is 0.624. The number of thiophene rings is 1. The second-order valence-electron chi connectivity index (χ2n) is 6.35. The van der Waals surface area contributed by atoms with Crippen LogP contribution in [0.3, 0.4) is 0 Å². The van der Waals surface area contributed by atoms with Crippen LogP contribution in [-0.4, -0.2) is 29.7 Å². The lowest BCUT2D eigenvalue weighted by Gasteiger charge is -2.28. The van der Waals surface area contributed by atoms with E-state index < -0.39 is 6.17 Å². The number of hydrogen-bond donors (Lipinski definition) is 5. The fourth-order valence-electron chi connectivity index (χ4n) is 3.33. The second kappa shape index (κ2) is 6.15. The molecule has 1 aromatic carbocycles. The van der Waals surface area contributed by atoms with Gasteiger partial charge in [0.25, 0.3) is 5.91 Å². The third-order valence-electron chi connectivity index (χ3n) is 4.64. The van der Waals surface area contributed by atoms with Crippen molar-refractivity contribution in [1.29, 1.82) is 0 Å². The molecule has 25 heavy (non-hydrogen) atoms. The number of carbonyl (C=O) groups excluding carboxylic acids is 1. The quantitative estimate of drug-likeness (QED) is 0.424. The maximum Gasteiger partial charge on any atom is 0.256 e. The summed E-state index contributed by atoms with van der Waals surface area (Å²) in [5.74, 6) is -0.315. The van der Waals surface area contributed by atoms with Gasteiger partial charge in [-0.05, 0) is 43.5 Å². The molecule has 0 bridgehead atoms. The molecule has 132 valence electrons. The first-order chi connectivity index (χ1) is 11.9. The molecule has 2 aliphatic heterocycles. The third-order valence-corrected chi connectivity index (χ3v) is 7.16. The number of benzene rings is 1. The number of phenols is 2. The number of fused-ring (bicyclic) bond motifs is 3. The van der Waals surface area contributed by atoms with Crippen molar-refractivity contribution in [2.24, 2.45) is 0 Å². The number of quaternary nitrogens is 1. The van der Waals surface area contributed by atoms with E-state index in [0.717, 1.165) is 35.6 Å². The van der Waals surface area contributed by atoms with Crippen molar-refractivity contribution >= 4 is 54.1 Å². The number of anilines is 1. The number of carbonyl (C=O) groups is 1. The minimum atomic E-state index is -0.571. The van der Waals surface area contributed by atoms with E-state index in [1.54, 1.807) is 17.4 Å². The number of likely N-dealkylation sites (N-methyl/N-ethyl adjacent to an activating group) is 1. The topological polar surface area (TPSA) is 86.0 Å². The number of aromatic hydroxyl groups is 2. The molecule has 2 atom stereocenters. The minimum Gasteiger partial charge on any atom is -0.506 e. The van der Waals surface area contributed by atoms with Crippen LogP contribution in [0.1, 0.15) is 32.5 Å². The van der Waals surface area contributed by atoms with Crippen LogP contribution in [0.2, 0.25) is 0 Å². The number of amides is 1. The van der Waals surface area contributed by atoms with Gasteiger partial charge >= 0.3 is 0 Å². The van der Waals surface area contributed by atoms with Gasteiger partial charge in [-0.1, -0.05) is 0 Å². The Hall–Kier alpha value is -1.29. The van der Waals surface area contributed by atoms with Gasteiger partial charge in [0.15, 0.2) is 0 Å². The SMILES string of the molecule is C[NH+]1CCc2c(sc3c2C(=O)N[C@H](c2cc(Br)c(O)c(Br)c2O)N3)C1. The lowest BCUT2D eigenvalue weighted by atomic mass is 10.0. The number of rotatable bonds is 1. The average molecular weight is 490 g/mol. The van der Waals surface area contributed by atoms with E-state index in [4.69, 9.17) is 0 Å². The summed E-state index contributed by atoms with van der Waals surface area (Å²) in [7, 11) is 2.15. The highest BCUT2D eigenvalue weighted by atomic mass is 79.9. The van der Waals surface area contributed by atoms with Gasteiger partial charge in [0.1, 0.15) is 33.7 Å². The van der Waals surface area contributed by atoms with Gasteiger partial charge in [0, 0.05) is 12.0 Å². The van der Waals surface area contributed by atoms with Crippen LogP contribution in [0, 0.1) is 0 Å². The molecule has 2 aromatic rings. The summed E-state index contributed by atoms with van der Waals surface area (Å²) >= 11 is 8.06. The monoisotopic (exact) mass is 488 g/mol. The molecule has 5 N–H and O–H groups in total. The third kappa shape index (κ3) is 2.73. The zero-order valence-electron chi connectivity index (χ0n) is 13.2. The van der Waals surface area contributed by atoms with Crippen LogP contribution >= 0.6 is 43.2 Å². The number of halogens is 2. The molecule has 0 fully saturated rings. The first-order valence-electron chi connectivity index (χ1n) is 7.80. The Morgan fingerprint density at radius 3 is 2.80 bits per heavy atom. The fraction of sp³-hybridized carbons (Fsp3) is 0.312. The highest BCUT2D eigenvalue weighted by Crippen LogP contribution is 2.45. The largest absolute Gasteiger partial charge is 0.506 e. The predicted molar refractivity (Wildman–Crippen MR) is 102 cm³/mol. The lowest BCUT2D eigenvalue weighted by Crippen LogP contribution is -3.08.